The zero-order chi connectivity index (χ0) is 21.0. The number of piperidine rings is 1. The summed E-state index contributed by atoms with van der Waals surface area (Å²) in [5.41, 5.74) is 6.97. The number of rotatable bonds is 5. The summed E-state index contributed by atoms with van der Waals surface area (Å²) in [6.45, 7) is 5.15. The Morgan fingerprint density at radius 3 is 2.74 bits per heavy atom. The lowest BCUT2D eigenvalue weighted by molar-refractivity contribution is 0.198. The third-order valence-corrected chi connectivity index (χ3v) is 6.07. The van der Waals surface area contributed by atoms with Crippen LogP contribution in [-0.4, -0.2) is 32.9 Å². The van der Waals surface area contributed by atoms with Crippen molar-refractivity contribution in [2.45, 2.75) is 32.2 Å². The Bertz CT molecular complexity index is 1140. The summed E-state index contributed by atoms with van der Waals surface area (Å²) in [7, 11) is 0. The molecule has 0 radical (unpaired) electrons. The number of hydrogen-bond donors (Lipinski definition) is 0. The molecule has 0 spiro atoms. The Morgan fingerprint density at radius 1 is 1.06 bits per heavy atom. The van der Waals surface area contributed by atoms with Crippen LogP contribution in [-0.2, 0) is 6.54 Å². The molecule has 1 atom stereocenters. The third kappa shape index (κ3) is 4.28. The summed E-state index contributed by atoms with van der Waals surface area (Å²) in [6.07, 6.45) is 11.5. The Hall–Kier alpha value is -3.31. The Morgan fingerprint density at radius 2 is 1.94 bits per heavy atom. The van der Waals surface area contributed by atoms with Gasteiger partial charge in [-0.15, -0.1) is 0 Å². The highest BCUT2D eigenvalue weighted by Crippen LogP contribution is 2.35. The highest BCUT2D eigenvalue weighted by Gasteiger charge is 2.26. The molecule has 5 heteroatoms. The van der Waals surface area contributed by atoms with Crippen LogP contribution < -0.4 is 0 Å². The SMILES string of the molecule is Cc1ccccc1-c1cnc(-c2ccncc2)nc1C1CCCN(Cc2ccoc2)C1. The molecule has 0 aliphatic carbocycles. The van der Waals surface area contributed by atoms with Crippen molar-refractivity contribution < 1.29 is 4.42 Å². The molecule has 1 aliphatic heterocycles. The summed E-state index contributed by atoms with van der Waals surface area (Å²) >= 11 is 0. The molecule has 5 nitrogen and oxygen atoms in total. The first kappa shape index (κ1) is 19.6. The minimum absolute atomic E-state index is 0.360. The highest BCUT2D eigenvalue weighted by molar-refractivity contribution is 5.70. The molecule has 1 fully saturated rings. The summed E-state index contributed by atoms with van der Waals surface area (Å²) in [5.74, 6) is 1.13. The largest absolute Gasteiger partial charge is 0.472 e. The zero-order valence-electron chi connectivity index (χ0n) is 17.7. The van der Waals surface area contributed by atoms with Gasteiger partial charge in [0, 0.05) is 54.3 Å². The third-order valence-electron chi connectivity index (χ3n) is 6.07. The van der Waals surface area contributed by atoms with Crippen LogP contribution in [0.1, 0.15) is 35.6 Å². The highest BCUT2D eigenvalue weighted by atomic mass is 16.3. The number of furan rings is 1. The number of aryl methyl sites for hydroxylation is 1. The summed E-state index contributed by atoms with van der Waals surface area (Å²) in [4.78, 5) is 16.5. The van der Waals surface area contributed by atoms with Gasteiger partial charge in [0.05, 0.1) is 18.2 Å². The number of hydrogen-bond acceptors (Lipinski definition) is 5. The fourth-order valence-electron chi connectivity index (χ4n) is 4.49. The molecule has 0 N–H and O–H groups in total. The molecule has 0 bridgehead atoms. The number of aromatic nitrogens is 3. The van der Waals surface area contributed by atoms with Crippen LogP contribution in [0.2, 0.25) is 0 Å². The predicted molar refractivity (Wildman–Crippen MR) is 121 cm³/mol. The lowest BCUT2D eigenvalue weighted by Gasteiger charge is -2.33. The summed E-state index contributed by atoms with van der Waals surface area (Å²) < 4.78 is 5.27. The van der Waals surface area contributed by atoms with Gasteiger partial charge in [-0.3, -0.25) is 9.88 Å². The maximum absolute atomic E-state index is 5.27. The first-order valence-corrected chi connectivity index (χ1v) is 10.8. The number of pyridine rings is 1. The molecule has 1 aromatic carbocycles. The number of nitrogens with zero attached hydrogens (tertiary/aromatic N) is 4. The van der Waals surface area contributed by atoms with Crippen LogP contribution in [0.15, 0.2) is 78.0 Å². The van der Waals surface area contributed by atoms with E-state index in [9.17, 15) is 0 Å². The second-order valence-electron chi connectivity index (χ2n) is 8.25. The van der Waals surface area contributed by atoms with E-state index >= 15 is 0 Å². The molecule has 156 valence electrons. The molecule has 5 rings (SSSR count). The van der Waals surface area contributed by atoms with Crippen molar-refractivity contribution in [2.75, 3.05) is 13.1 Å². The molecule has 1 aliphatic rings. The fraction of sp³-hybridized carbons (Fsp3) is 0.269. The normalized spacial score (nSPS) is 17.0. The summed E-state index contributed by atoms with van der Waals surface area (Å²) in [6, 6.07) is 14.5. The maximum Gasteiger partial charge on any atom is 0.159 e. The van der Waals surface area contributed by atoms with E-state index in [4.69, 9.17) is 14.4 Å². The van der Waals surface area contributed by atoms with E-state index in [1.807, 2.05) is 24.6 Å². The van der Waals surface area contributed by atoms with Crippen molar-refractivity contribution in [3.63, 3.8) is 0 Å². The quantitative estimate of drug-likeness (QED) is 0.436. The van der Waals surface area contributed by atoms with Crippen LogP contribution in [0.25, 0.3) is 22.5 Å². The molecule has 1 unspecified atom stereocenters. The Balaban J connectivity index is 1.53. The van der Waals surface area contributed by atoms with Crippen molar-refractivity contribution in [3.8, 4) is 22.5 Å². The smallest absolute Gasteiger partial charge is 0.159 e. The van der Waals surface area contributed by atoms with Gasteiger partial charge in [0.15, 0.2) is 5.82 Å². The molecule has 4 heterocycles. The van der Waals surface area contributed by atoms with E-state index in [0.717, 1.165) is 55.1 Å². The van der Waals surface area contributed by atoms with Crippen LogP contribution >= 0.6 is 0 Å². The van der Waals surface area contributed by atoms with Gasteiger partial charge in [-0.25, -0.2) is 9.97 Å². The van der Waals surface area contributed by atoms with Gasteiger partial charge < -0.3 is 4.42 Å². The first-order chi connectivity index (χ1) is 15.3. The predicted octanol–water partition coefficient (Wildman–Crippen LogP) is 5.49. The molecular formula is C26H26N4O. The van der Waals surface area contributed by atoms with E-state index in [1.165, 1.54) is 16.7 Å². The second kappa shape index (κ2) is 8.82. The van der Waals surface area contributed by atoms with E-state index in [1.54, 1.807) is 18.7 Å². The minimum atomic E-state index is 0.360. The Labute approximate surface area is 182 Å². The zero-order valence-corrected chi connectivity index (χ0v) is 17.7. The monoisotopic (exact) mass is 410 g/mol. The standard InChI is InChI=1S/C26H26N4O/c1-19-5-2-3-7-23(19)24-15-28-26(21-8-11-27-12-9-21)29-25(24)22-6-4-13-30(17-22)16-20-10-14-31-18-20/h2-3,5,7-12,14-15,18,22H,4,6,13,16-17H2,1H3. The lowest BCUT2D eigenvalue weighted by Crippen LogP contribution is -2.34. The van der Waals surface area contributed by atoms with Gasteiger partial charge >= 0.3 is 0 Å². The van der Waals surface area contributed by atoms with E-state index in [2.05, 4.69) is 47.1 Å². The van der Waals surface area contributed by atoms with Gasteiger partial charge in [0.1, 0.15) is 0 Å². The summed E-state index contributed by atoms with van der Waals surface area (Å²) in [5, 5.41) is 0. The molecule has 1 saturated heterocycles. The maximum atomic E-state index is 5.27. The average Bonchev–Trinajstić information content (AvgIpc) is 3.33. The van der Waals surface area contributed by atoms with Crippen molar-refractivity contribution in [2.24, 2.45) is 0 Å². The van der Waals surface area contributed by atoms with Crippen LogP contribution in [0.5, 0.6) is 0 Å². The van der Waals surface area contributed by atoms with E-state index in [-0.39, 0.29) is 0 Å². The van der Waals surface area contributed by atoms with E-state index in [0.29, 0.717) is 5.92 Å². The fourth-order valence-corrected chi connectivity index (χ4v) is 4.49. The molecule has 0 saturated carbocycles. The van der Waals surface area contributed by atoms with Gasteiger partial charge in [-0.1, -0.05) is 24.3 Å². The topological polar surface area (TPSA) is 55.1 Å². The molecule has 0 amide bonds. The molecular weight excluding hydrogens is 384 g/mol. The number of benzene rings is 1. The molecule has 4 aromatic rings. The number of likely N-dealkylation sites (tertiary alicyclic amines) is 1. The van der Waals surface area contributed by atoms with Crippen LogP contribution in [0, 0.1) is 6.92 Å². The average molecular weight is 411 g/mol. The van der Waals surface area contributed by atoms with Gasteiger partial charge in [-0.2, -0.15) is 0 Å². The van der Waals surface area contributed by atoms with Gasteiger partial charge in [-0.05, 0) is 55.6 Å². The van der Waals surface area contributed by atoms with E-state index < -0.39 is 0 Å². The van der Waals surface area contributed by atoms with Crippen LogP contribution in [0.3, 0.4) is 0 Å². The first-order valence-electron chi connectivity index (χ1n) is 10.8. The van der Waals surface area contributed by atoms with Crippen molar-refractivity contribution in [1.82, 2.24) is 19.9 Å². The van der Waals surface area contributed by atoms with Crippen molar-refractivity contribution >= 4 is 0 Å². The molecule has 3 aromatic heterocycles. The van der Waals surface area contributed by atoms with Gasteiger partial charge in [0.2, 0.25) is 0 Å². The second-order valence-corrected chi connectivity index (χ2v) is 8.25. The minimum Gasteiger partial charge on any atom is -0.472 e. The molecule has 31 heavy (non-hydrogen) atoms. The van der Waals surface area contributed by atoms with Crippen molar-refractivity contribution in [3.05, 3.63) is 90.4 Å². The Kier molecular flexibility index (Phi) is 5.59. The van der Waals surface area contributed by atoms with Gasteiger partial charge in [0.25, 0.3) is 0 Å². The van der Waals surface area contributed by atoms with Crippen LogP contribution in [0.4, 0.5) is 0 Å². The van der Waals surface area contributed by atoms with Crippen molar-refractivity contribution in [1.29, 1.82) is 0 Å². The lowest BCUT2D eigenvalue weighted by atomic mass is 9.88.